The van der Waals surface area contributed by atoms with Crippen molar-refractivity contribution in [3.8, 4) is 0 Å². The highest BCUT2D eigenvalue weighted by atomic mass is 31.2. The van der Waals surface area contributed by atoms with E-state index in [2.05, 4.69) is 57.3 Å². The lowest BCUT2D eigenvalue weighted by molar-refractivity contribution is -0.164. The maximum atomic E-state index is 12.6. The molecule has 2 aromatic rings. The smallest absolute Gasteiger partial charge is 0.322 e. The van der Waals surface area contributed by atoms with Crippen molar-refractivity contribution >= 4 is 38.4 Å². The fraction of sp³-hybridized carbons (Fsp3) is 0.696. The van der Waals surface area contributed by atoms with Crippen LogP contribution in [0.15, 0.2) is 21.1 Å². The van der Waals surface area contributed by atoms with Crippen LogP contribution in [0.25, 0.3) is 11.2 Å². The lowest BCUT2D eigenvalue weighted by Gasteiger charge is -2.36. The molecule has 2 aromatic heterocycles. The van der Waals surface area contributed by atoms with E-state index in [-0.39, 0.29) is 29.1 Å². The van der Waals surface area contributed by atoms with Crippen molar-refractivity contribution in [1.82, 2.24) is 29.1 Å². The number of aromatic nitrogens is 4. The van der Waals surface area contributed by atoms with Crippen molar-refractivity contribution in [1.29, 1.82) is 0 Å². The van der Waals surface area contributed by atoms with Gasteiger partial charge in [-0.05, 0) is 41.5 Å². The summed E-state index contributed by atoms with van der Waals surface area (Å²) in [6.07, 6.45) is 3.09. The molecule has 37 heavy (non-hydrogen) atoms. The fourth-order valence-electron chi connectivity index (χ4n) is 4.53. The Morgan fingerprint density at radius 2 is 2.08 bits per heavy atom. The third-order valence-electron chi connectivity index (χ3n) is 6.08. The Balaban J connectivity index is 1.66. The van der Waals surface area contributed by atoms with Crippen LogP contribution in [0.5, 0.6) is 0 Å². The van der Waals surface area contributed by atoms with E-state index in [1.165, 1.54) is 6.40 Å². The molecule has 2 saturated heterocycles. The zero-order chi connectivity index (χ0) is 26.9. The predicted octanol–water partition coefficient (Wildman–Crippen LogP) is 2.82. The van der Waals surface area contributed by atoms with Crippen molar-refractivity contribution < 1.29 is 18.5 Å². The van der Waals surface area contributed by atoms with Crippen LogP contribution in [0.4, 0.5) is 5.95 Å². The van der Waals surface area contributed by atoms with Crippen LogP contribution in [0.3, 0.4) is 0 Å². The van der Waals surface area contributed by atoms with E-state index in [1.807, 2.05) is 27.9 Å². The van der Waals surface area contributed by atoms with E-state index in [9.17, 15) is 4.79 Å². The SMILES string of the molecule is CCN=COP(OC1C2OCC1(C)OC2n1cnc2c(=O)[nH]c(N=CN(C)C)nc21)N(C(C)C)C(C)C. The summed E-state index contributed by atoms with van der Waals surface area (Å²) in [4.78, 5) is 34.3. The molecule has 204 valence electrons. The fourth-order valence-corrected chi connectivity index (χ4v) is 6.23. The molecule has 0 radical (unpaired) electrons. The van der Waals surface area contributed by atoms with E-state index in [0.717, 1.165) is 0 Å². The predicted molar refractivity (Wildman–Crippen MR) is 142 cm³/mol. The zero-order valence-corrected chi connectivity index (χ0v) is 23.5. The molecular formula is C23H37N8O5P. The standard InChI is InChI=1S/C23H37N8O5P/c1-9-24-13-34-37(31(14(2)3)15(4)5)36-18-17-21(35-23(18,6)10-33-17)30-12-25-16-19(30)27-22(28-20(16)32)26-11-29(7)8/h11-15,17-18,21H,9-10H2,1-8H3,(H,27,28,32). The molecule has 0 spiro atoms. The number of ether oxygens (including phenoxy) is 2. The lowest BCUT2D eigenvalue weighted by Crippen LogP contribution is -2.40. The van der Waals surface area contributed by atoms with Gasteiger partial charge in [0.15, 0.2) is 23.8 Å². The van der Waals surface area contributed by atoms with Gasteiger partial charge in [0.2, 0.25) is 5.95 Å². The van der Waals surface area contributed by atoms with E-state index in [1.54, 1.807) is 22.1 Å². The third-order valence-corrected chi connectivity index (χ3v) is 8.07. The minimum Gasteiger partial charge on any atom is -0.425 e. The topological polar surface area (TPSA) is 132 Å². The molecule has 4 rings (SSSR count). The number of nitrogens with one attached hydrogen (secondary N) is 1. The number of aromatic amines is 1. The summed E-state index contributed by atoms with van der Waals surface area (Å²) < 4.78 is 29.3. The number of H-pyrrole nitrogens is 1. The first-order valence-corrected chi connectivity index (χ1v) is 13.6. The highest BCUT2D eigenvalue weighted by Crippen LogP contribution is 2.54. The molecule has 2 bridgehead atoms. The average Bonchev–Trinajstić information content (AvgIpc) is 3.46. The number of fused-ring (bicyclic) bond motifs is 3. The van der Waals surface area contributed by atoms with Crippen LogP contribution >= 0.6 is 8.53 Å². The summed E-state index contributed by atoms with van der Waals surface area (Å²) in [5, 5.41) is 0. The average molecular weight is 537 g/mol. The molecule has 1 N–H and O–H groups in total. The van der Waals surface area contributed by atoms with Crippen LogP contribution in [-0.4, -0.2) is 99.0 Å². The second kappa shape index (κ2) is 11.1. The molecule has 13 nitrogen and oxygen atoms in total. The Morgan fingerprint density at radius 3 is 2.73 bits per heavy atom. The number of hydrogen-bond donors (Lipinski definition) is 1. The van der Waals surface area contributed by atoms with Gasteiger partial charge in [-0.2, -0.15) is 4.98 Å². The third kappa shape index (κ3) is 5.56. The summed E-state index contributed by atoms with van der Waals surface area (Å²) in [6, 6.07) is 0.362. The van der Waals surface area contributed by atoms with E-state index < -0.39 is 32.6 Å². The molecule has 2 aliphatic heterocycles. The number of nitrogens with zero attached hydrogens (tertiary/aromatic N) is 7. The molecule has 2 aliphatic rings. The number of imidazole rings is 1. The monoisotopic (exact) mass is 536 g/mol. The zero-order valence-electron chi connectivity index (χ0n) is 22.7. The second-order valence-electron chi connectivity index (χ2n) is 10.1. The first kappa shape index (κ1) is 27.6. The Kier molecular flexibility index (Phi) is 8.29. The van der Waals surface area contributed by atoms with Gasteiger partial charge in [-0.25, -0.2) is 14.6 Å². The molecule has 5 atom stereocenters. The van der Waals surface area contributed by atoms with Crippen molar-refractivity contribution in [2.45, 2.75) is 77.7 Å². The summed E-state index contributed by atoms with van der Waals surface area (Å²) in [6.45, 7) is 13.3. The van der Waals surface area contributed by atoms with Crippen LogP contribution in [-0.2, 0) is 18.5 Å². The minimum atomic E-state index is -1.50. The maximum Gasteiger partial charge on any atom is 0.322 e. The van der Waals surface area contributed by atoms with Gasteiger partial charge in [0, 0.05) is 32.7 Å². The van der Waals surface area contributed by atoms with Crippen LogP contribution in [0.1, 0.15) is 47.8 Å². The van der Waals surface area contributed by atoms with Crippen LogP contribution in [0.2, 0.25) is 0 Å². The molecule has 2 fully saturated rings. The van der Waals surface area contributed by atoms with Crippen LogP contribution < -0.4 is 5.56 Å². The number of hydrogen-bond acceptors (Lipinski definition) is 10. The van der Waals surface area contributed by atoms with Crippen molar-refractivity contribution in [3.63, 3.8) is 0 Å². The Hall–Kier alpha value is -2.44. The van der Waals surface area contributed by atoms with Gasteiger partial charge in [0.05, 0.1) is 19.3 Å². The van der Waals surface area contributed by atoms with Gasteiger partial charge in [0.1, 0.15) is 17.8 Å². The van der Waals surface area contributed by atoms with Gasteiger partial charge in [0.25, 0.3) is 5.56 Å². The molecule has 0 aromatic carbocycles. The highest BCUT2D eigenvalue weighted by molar-refractivity contribution is 7.45. The Morgan fingerprint density at radius 1 is 1.35 bits per heavy atom. The van der Waals surface area contributed by atoms with E-state index >= 15 is 0 Å². The summed E-state index contributed by atoms with van der Waals surface area (Å²) >= 11 is 0. The van der Waals surface area contributed by atoms with E-state index in [0.29, 0.717) is 18.8 Å². The maximum absolute atomic E-state index is 12.6. The first-order valence-electron chi connectivity index (χ1n) is 12.4. The summed E-state index contributed by atoms with van der Waals surface area (Å²) in [7, 11) is 2.16. The van der Waals surface area contributed by atoms with Gasteiger partial charge >= 0.3 is 8.53 Å². The Bertz CT molecular complexity index is 1190. The normalized spacial score (nSPS) is 26.6. The van der Waals surface area contributed by atoms with Crippen molar-refractivity contribution in [3.05, 3.63) is 16.7 Å². The molecule has 5 unspecified atom stereocenters. The highest BCUT2D eigenvalue weighted by Gasteiger charge is 2.62. The van der Waals surface area contributed by atoms with Crippen molar-refractivity contribution in [2.24, 2.45) is 9.98 Å². The molecule has 0 aliphatic carbocycles. The van der Waals surface area contributed by atoms with Gasteiger partial charge < -0.3 is 23.4 Å². The molecule has 14 heteroatoms. The largest absolute Gasteiger partial charge is 0.425 e. The Labute approximate surface area is 217 Å². The molecular weight excluding hydrogens is 499 g/mol. The van der Waals surface area contributed by atoms with Gasteiger partial charge in [-0.15, -0.1) is 0 Å². The minimum absolute atomic E-state index is 0.174. The molecule has 0 saturated carbocycles. The number of aliphatic imine (C=N–C) groups is 2. The number of rotatable bonds is 11. The van der Waals surface area contributed by atoms with Gasteiger partial charge in [-0.3, -0.25) is 19.3 Å². The quantitative estimate of drug-likeness (QED) is 0.262. The van der Waals surface area contributed by atoms with Crippen molar-refractivity contribution in [2.75, 3.05) is 27.2 Å². The first-order chi connectivity index (χ1) is 17.6. The molecule has 0 amide bonds. The summed E-state index contributed by atoms with van der Waals surface area (Å²) in [5.74, 6) is 0.174. The van der Waals surface area contributed by atoms with Crippen LogP contribution in [0, 0.1) is 0 Å². The van der Waals surface area contributed by atoms with E-state index in [4.69, 9.17) is 18.5 Å². The second-order valence-corrected chi connectivity index (χ2v) is 11.4. The lowest BCUT2D eigenvalue weighted by atomic mass is 10.0. The summed E-state index contributed by atoms with van der Waals surface area (Å²) in [5.41, 5.74) is -0.554. The van der Waals surface area contributed by atoms with Gasteiger partial charge in [-0.1, -0.05) is 0 Å². The molecule has 4 heterocycles.